The average molecular weight is 255 g/mol. The fourth-order valence-corrected chi connectivity index (χ4v) is 1.67. The van der Waals surface area contributed by atoms with Crippen molar-refractivity contribution >= 4 is 17.5 Å². The molecule has 0 heterocycles. The number of amides is 1. The lowest BCUT2D eigenvalue weighted by Crippen LogP contribution is -2.44. The second-order valence-electron chi connectivity index (χ2n) is 4.56. The van der Waals surface area contributed by atoms with E-state index in [0.29, 0.717) is 5.02 Å². The van der Waals surface area contributed by atoms with Crippen LogP contribution in [0.2, 0.25) is 5.02 Å². The summed E-state index contributed by atoms with van der Waals surface area (Å²) in [4.78, 5) is 11.8. The van der Waals surface area contributed by atoms with Gasteiger partial charge in [-0.25, -0.2) is 0 Å². The highest BCUT2D eigenvalue weighted by atomic mass is 35.5. The Bertz CT molecular complexity index is 393. The molecule has 0 aliphatic heterocycles. The molecule has 0 unspecified atom stereocenters. The van der Waals surface area contributed by atoms with Gasteiger partial charge in [-0.2, -0.15) is 0 Å². The lowest BCUT2D eigenvalue weighted by Gasteiger charge is -2.20. The summed E-state index contributed by atoms with van der Waals surface area (Å²) in [5.41, 5.74) is 6.75. The molecule has 1 aromatic carbocycles. The normalized spacial score (nSPS) is 14.5. The van der Waals surface area contributed by atoms with Gasteiger partial charge < -0.3 is 11.1 Å². The highest BCUT2D eigenvalue weighted by Gasteiger charge is 2.19. The van der Waals surface area contributed by atoms with Crippen molar-refractivity contribution in [2.75, 3.05) is 0 Å². The molecule has 0 fully saturated rings. The molecule has 1 rings (SSSR count). The van der Waals surface area contributed by atoms with Crippen molar-refractivity contribution in [1.82, 2.24) is 5.32 Å². The van der Waals surface area contributed by atoms with Crippen LogP contribution in [0.15, 0.2) is 24.3 Å². The van der Waals surface area contributed by atoms with Crippen LogP contribution >= 0.6 is 11.6 Å². The Kier molecular flexibility index (Phi) is 4.97. The molecule has 3 N–H and O–H groups in total. The van der Waals surface area contributed by atoms with Crippen molar-refractivity contribution in [3.63, 3.8) is 0 Å². The second-order valence-corrected chi connectivity index (χ2v) is 4.99. The highest BCUT2D eigenvalue weighted by Crippen LogP contribution is 2.17. The van der Waals surface area contributed by atoms with E-state index >= 15 is 0 Å². The zero-order valence-electron chi connectivity index (χ0n) is 10.4. The van der Waals surface area contributed by atoms with Crippen LogP contribution in [0.1, 0.15) is 32.4 Å². The van der Waals surface area contributed by atoms with Crippen molar-refractivity contribution in [3.8, 4) is 0 Å². The van der Waals surface area contributed by atoms with E-state index in [1.54, 1.807) is 6.07 Å². The lowest BCUT2D eigenvalue weighted by molar-refractivity contribution is -0.123. The van der Waals surface area contributed by atoms with Crippen molar-refractivity contribution in [3.05, 3.63) is 34.9 Å². The Balaban J connectivity index is 2.66. The van der Waals surface area contributed by atoms with Gasteiger partial charge in [0.2, 0.25) is 5.91 Å². The minimum absolute atomic E-state index is 0.0917. The summed E-state index contributed by atoms with van der Waals surface area (Å²) in [6.45, 7) is 5.76. The first-order chi connectivity index (χ1) is 7.91. The maximum Gasteiger partial charge on any atom is 0.237 e. The minimum atomic E-state index is -0.475. The third-order valence-electron chi connectivity index (χ3n) is 2.73. The van der Waals surface area contributed by atoms with E-state index in [1.807, 2.05) is 39.0 Å². The summed E-state index contributed by atoms with van der Waals surface area (Å²) in [6, 6.07) is 6.87. The van der Waals surface area contributed by atoms with Gasteiger partial charge in [0.1, 0.15) is 0 Å². The van der Waals surface area contributed by atoms with E-state index in [4.69, 9.17) is 17.3 Å². The van der Waals surface area contributed by atoms with E-state index in [-0.39, 0.29) is 17.9 Å². The number of halogens is 1. The molecule has 2 atom stereocenters. The summed E-state index contributed by atoms with van der Waals surface area (Å²) in [5, 5.41) is 3.55. The molecule has 4 heteroatoms. The van der Waals surface area contributed by atoms with Crippen LogP contribution in [0.5, 0.6) is 0 Å². The van der Waals surface area contributed by atoms with Gasteiger partial charge in [0.15, 0.2) is 0 Å². The van der Waals surface area contributed by atoms with Gasteiger partial charge in [0.05, 0.1) is 12.1 Å². The quantitative estimate of drug-likeness (QED) is 0.868. The SMILES string of the molecule is CC(C)[C@H](N)C(=O)N[C@@H](C)c1cccc(Cl)c1. The Morgan fingerprint density at radius 2 is 2.00 bits per heavy atom. The smallest absolute Gasteiger partial charge is 0.237 e. The molecule has 0 saturated heterocycles. The van der Waals surface area contributed by atoms with Crippen LogP contribution < -0.4 is 11.1 Å². The number of rotatable bonds is 4. The monoisotopic (exact) mass is 254 g/mol. The van der Waals surface area contributed by atoms with E-state index < -0.39 is 6.04 Å². The van der Waals surface area contributed by atoms with Gasteiger partial charge in [-0.3, -0.25) is 4.79 Å². The largest absolute Gasteiger partial charge is 0.348 e. The molecule has 0 aromatic heterocycles. The summed E-state index contributed by atoms with van der Waals surface area (Å²) in [5.74, 6) is -0.00552. The van der Waals surface area contributed by atoms with Crippen molar-refractivity contribution in [2.24, 2.45) is 11.7 Å². The molecule has 0 aliphatic carbocycles. The number of nitrogens with one attached hydrogen (secondary N) is 1. The number of hydrogen-bond donors (Lipinski definition) is 2. The number of nitrogens with two attached hydrogens (primary N) is 1. The summed E-state index contributed by atoms with van der Waals surface area (Å²) in [6.07, 6.45) is 0. The Hall–Kier alpha value is -1.06. The maximum absolute atomic E-state index is 11.8. The third kappa shape index (κ3) is 4.02. The van der Waals surface area contributed by atoms with Crippen molar-refractivity contribution < 1.29 is 4.79 Å². The van der Waals surface area contributed by atoms with Crippen LogP contribution in [-0.4, -0.2) is 11.9 Å². The van der Waals surface area contributed by atoms with E-state index in [0.717, 1.165) is 5.56 Å². The summed E-state index contributed by atoms with van der Waals surface area (Å²) in [7, 11) is 0. The Morgan fingerprint density at radius 3 is 2.53 bits per heavy atom. The van der Waals surface area contributed by atoms with Crippen LogP contribution in [0.4, 0.5) is 0 Å². The number of hydrogen-bond acceptors (Lipinski definition) is 2. The maximum atomic E-state index is 11.8. The van der Waals surface area contributed by atoms with Gasteiger partial charge in [-0.1, -0.05) is 37.6 Å². The number of carbonyl (C=O) groups excluding carboxylic acids is 1. The Labute approximate surface area is 107 Å². The molecule has 3 nitrogen and oxygen atoms in total. The highest BCUT2D eigenvalue weighted by molar-refractivity contribution is 6.30. The van der Waals surface area contributed by atoms with Crippen LogP contribution in [0.25, 0.3) is 0 Å². The van der Waals surface area contributed by atoms with E-state index in [1.165, 1.54) is 0 Å². The molecule has 17 heavy (non-hydrogen) atoms. The van der Waals surface area contributed by atoms with Crippen LogP contribution in [0, 0.1) is 5.92 Å². The molecule has 94 valence electrons. The molecule has 1 aromatic rings. The predicted octanol–water partition coefficient (Wildman–Crippen LogP) is 2.50. The standard InChI is InChI=1S/C13H19ClN2O/c1-8(2)12(15)13(17)16-9(3)10-5-4-6-11(14)7-10/h4-9,12H,15H2,1-3H3,(H,16,17)/t9-,12-/m0/s1. The molecular formula is C13H19ClN2O. The molecular weight excluding hydrogens is 236 g/mol. The topological polar surface area (TPSA) is 55.1 Å². The number of benzene rings is 1. The molecule has 0 saturated carbocycles. The Morgan fingerprint density at radius 1 is 1.35 bits per heavy atom. The summed E-state index contributed by atoms with van der Waals surface area (Å²) >= 11 is 5.90. The summed E-state index contributed by atoms with van der Waals surface area (Å²) < 4.78 is 0. The van der Waals surface area contributed by atoms with E-state index in [2.05, 4.69) is 5.32 Å². The zero-order valence-corrected chi connectivity index (χ0v) is 11.2. The first kappa shape index (κ1) is 14.0. The fraction of sp³-hybridized carbons (Fsp3) is 0.462. The lowest BCUT2D eigenvalue weighted by atomic mass is 10.0. The van der Waals surface area contributed by atoms with Crippen molar-refractivity contribution in [2.45, 2.75) is 32.9 Å². The first-order valence-electron chi connectivity index (χ1n) is 5.73. The molecule has 0 bridgehead atoms. The first-order valence-corrected chi connectivity index (χ1v) is 6.11. The van der Waals surface area contributed by atoms with Gasteiger partial charge in [0, 0.05) is 5.02 Å². The fourth-order valence-electron chi connectivity index (χ4n) is 1.47. The predicted molar refractivity (Wildman–Crippen MR) is 70.8 cm³/mol. The second kappa shape index (κ2) is 6.03. The van der Waals surface area contributed by atoms with Gasteiger partial charge in [-0.15, -0.1) is 0 Å². The van der Waals surface area contributed by atoms with Crippen molar-refractivity contribution in [1.29, 1.82) is 0 Å². The van der Waals surface area contributed by atoms with Gasteiger partial charge in [-0.05, 0) is 30.5 Å². The van der Waals surface area contributed by atoms with Crippen LogP contribution in [0.3, 0.4) is 0 Å². The van der Waals surface area contributed by atoms with Gasteiger partial charge in [0.25, 0.3) is 0 Å². The molecule has 0 aliphatic rings. The molecule has 0 radical (unpaired) electrons. The average Bonchev–Trinajstić information content (AvgIpc) is 2.27. The third-order valence-corrected chi connectivity index (χ3v) is 2.96. The zero-order chi connectivity index (χ0) is 13.0. The molecule has 0 spiro atoms. The van der Waals surface area contributed by atoms with Crippen LogP contribution in [-0.2, 0) is 4.79 Å². The van der Waals surface area contributed by atoms with E-state index in [9.17, 15) is 4.79 Å². The number of carbonyl (C=O) groups is 1. The van der Waals surface area contributed by atoms with Gasteiger partial charge >= 0.3 is 0 Å². The minimum Gasteiger partial charge on any atom is -0.348 e. The molecule has 1 amide bonds.